The first-order valence-corrected chi connectivity index (χ1v) is 6.53. The van der Waals surface area contributed by atoms with Crippen LogP contribution >= 0.6 is 11.6 Å². The first-order valence-electron chi connectivity index (χ1n) is 6.15. The van der Waals surface area contributed by atoms with Gasteiger partial charge in [0.05, 0.1) is 16.3 Å². The van der Waals surface area contributed by atoms with E-state index in [0.717, 1.165) is 12.0 Å². The van der Waals surface area contributed by atoms with Gasteiger partial charge in [-0.1, -0.05) is 23.7 Å². The molecular weight excluding hydrogens is 281 g/mol. The Morgan fingerprint density at radius 2 is 2.10 bits per heavy atom. The average molecular weight is 292 g/mol. The number of aromatic carboxylic acids is 1. The fourth-order valence-corrected chi connectivity index (χ4v) is 2.82. The van der Waals surface area contributed by atoms with E-state index in [2.05, 4.69) is 0 Å². The van der Waals surface area contributed by atoms with Gasteiger partial charge in [0.25, 0.3) is 0 Å². The number of carboxylic acid groups (broad SMARTS) is 1. The normalized spacial score (nSPS) is 13.4. The summed E-state index contributed by atoms with van der Waals surface area (Å²) in [6, 6.07) is 9.28. The topological polar surface area (TPSA) is 40.5 Å². The molecule has 1 heterocycles. The van der Waals surface area contributed by atoms with Crippen molar-refractivity contribution in [3.05, 3.63) is 58.4 Å². The van der Waals surface area contributed by atoms with E-state index in [1.165, 1.54) is 18.2 Å². The number of para-hydroxylation sites is 1. The maximum absolute atomic E-state index is 13.4. The van der Waals surface area contributed by atoms with Crippen molar-refractivity contribution in [1.82, 2.24) is 0 Å². The number of fused-ring (bicyclic) bond motifs is 1. The maximum atomic E-state index is 13.4. The number of carbonyl (C=O) groups is 1. The number of hydrogen-bond acceptors (Lipinski definition) is 2. The Bertz CT molecular complexity index is 702. The zero-order chi connectivity index (χ0) is 14.3. The van der Waals surface area contributed by atoms with E-state index in [0.29, 0.717) is 22.9 Å². The molecule has 1 aliphatic rings. The maximum Gasteiger partial charge on any atom is 0.337 e. The van der Waals surface area contributed by atoms with Crippen molar-refractivity contribution in [3.63, 3.8) is 0 Å². The molecule has 0 atom stereocenters. The van der Waals surface area contributed by atoms with Crippen LogP contribution in [0.3, 0.4) is 0 Å². The van der Waals surface area contributed by atoms with Crippen molar-refractivity contribution in [2.75, 3.05) is 11.4 Å². The van der Waals surface area contributed by atoms with Gasteiger partial charge in [-0.3, -0.25) is 0 Å². The third-order valence-corrected chi connectivity index (χ3v) is 3.73. The van der Waals surface area contributed by atoms with E-state index >= 15 is 0 Å². The predicted molar refractivity (Wildman–Crippen MR) is 75.5 cm³/mol. The lowest BCUT2D eigenvalue weighted by molar-refractivity contribution is 0.0697. The zero-order valence-corrected chi connectivity index (χ0v) is 11.2. The summed E-state index contributed by atoms with van der Waals surface area (Å²) < 4.78 is 13.4. The zero-order valence-electron chi connectivity index (χ0n) is 10.4. The van der Waals surface area contributed by atoms with Crippen molar-refractivity contribution < 1.29 is 14.3 Å². The van der Waals surface area contributed by atoms with E-state index in [-0.39, 0.29) is 11.4 Å². The van der Waals surface area contributed by atoms with Crippen molar-refractivity contribution >= 4 is 28.9 Å². The van der Waals surface area contributed by atoms with Crippen LogP contribution in [0.25, 0.3) is 0 Å². The molecule has 0 aromatic heterocycles. The van der Waals surface area contributed by atoms with Gasteiger partial charge in [-0.15, -0.1) is 0 Å². The van der Waals surface area contributed by atoms with Gasteiger partial charge in [0, 0.05) is 12.2 Å². The van der Waals surface area contributed by atoms with Gasteiger partial charge in [0.15, 0.2) is 0 Å². The van der Waals surface area contributed by atoms with Gasteiger partial charge < -0.3 is 10.0 Å². The lowest BCUT2D eigenvalue weighted by atomic mass is 10.1. The molecule has 0 bridgehead atoms. The summed E-state index contributed by atoms with van der Waals surface area (Å²) in [5.41, 5.74) is 2.21. The van der Waals surface area contributed by atoms with Crippen molar-refractivity contribution in [2.45, 2.75) is 6.42 Å². The highest BCUT2D eigenvalue weighted by molar-refractivity contribution is 6.34. The third kappa shape index (κ3) is 2.02. The molecule has 0 saturated heterocycles. The van der Waals surface area contributed by atoms with Gasteiger partial charge in [0.1, 0.15) is 5.82 Å². The van der Waals surface area contributed by atoms with Crippen LogP contribution in [0, 0.1) is 5.82 Å². The van der Waals surface area contributed by atoms with E-state index in [4.69, 9.17) is 11.6 Å². The summed E-state index contributed by atoms with van der Waals surface area (Å²) in [7, 11) is 0. The number of benzene rings is 2. The molecule has 0 amide bonds. The largest absolute Gasteiger partial charge is 0.478 e. The first kappa shape index (κ1) is 12.9. The highest BCUT2D eigenvalue weighted by Crippen LogP contribution is 2.40. The molecule has 5 heteroatoms. The predicted octanol–water partition coefficient (Wildman–Crippen LogP) is 3.87. The van der Waals surface area contributed by atoms with Crippen molar-refractivity contribution in [1.29, 1.82) is 0 Å². The quantitative estimate of drug-likeness (QED) is 0.913. The van der Waals surface area contributed by atoms with Crippen LogP contribution in [-0.2, 0) is 6.42 Å². The molecule has 102 valence electrons. The molecule has 0 saturated carbocycles. The molecule has 0 unspecified atom stereocenters. The SMILES string of the molecule is O=C(O)c1cccc(Cl)c1N1CCc2ccc(F)cc21. The minimum atomic E-state index is -1.05. The molecule has 0 aliphatic carbocycles. The van der Waals surface area contributed by atoms with Crippen molar-refractivity contribution in [3.8, 4) is 0 Å². The minimum Gasteiger partial charge on any atom is -0.478 e. The fourth-order valence-electron chi connectivity index (χ4n) is 2.55. The minimum absolute atomic E-state index is 0.120. The molecule has 0 radical (unpaired) electrons. The smallest absolute Gasteiger partial charge is 0.337 e. The number of carboxylic acids is 1. The van der Waals surface area contributed by atoms with Gasteiger partial charge in [-0.2, -0.15) is 0 Å². The monoisotopic (exact) mass is 291 g/mol. The molecule has 20 heavy (non-hydrogen) atoms. The van der Waals surface area contributed by atoms with Crippen LogP contribution in [-0.4, -0.2) is 17.6 Å². The summed E-state index contributed by atoms with van der Waals surface area (Å²) in [6.07, 6.45) is 0.736. The van der Waals surface area contributed by atoms with Crippen LogP contribution in [0.4, 0.5) is 15.8 Å². The Kier molecular flexibility index (Phi) is 3.10. The van der Waals surface area contributed by atoms with Gasteiger partial charge >= 0.3 is 5.97 Å². The molecule has 3 rings (SSSR count). The second kappa shape index (κ2) is 4.80. The second-order valence-electron chi connectivity index (χ2n) is 4.62. The lowest BCUT2D eigenvalue weighted by Crippen LogP contribution is -2.17. The molecule has 1 N–H and O–H groups in total. The second-order valence-corrected chi connectivity index (χ2v) is 5.02. The first-order chi connectivity index (χ1) is 9.58. The Labute approximate surface area is 120 Å². The Morgan fingerprint density at radius 3 is 2.85 bits per heavy atom. The van der Waals surface area contributed by atoms with Crippen LogP contribution in [0.1, 0.15) is 15.9 Å². The van der Waals surface area contributed by atoms with E-state index in [1.54, 1.807) is 23.1 Å². The van der Waals surface area contributed by atoms with Crippen LogP contribution in [0.2, 0.25) is 5.02 Å². The van der Waals surface area contributed by atoms with Crippen LogP contribution in [0.15, 0.2) is 36.4 Å². The molecular formula is C15H11ClFNO2. The summed E-state index contributed by atoms with van der Waals surface area (Å²) in [5.74, 6) is -1.40. The van der Waals surface area contributed by atoms with Crippen molar-refractivity contribution in [2.24, 2.45) is 0 Å². The lowest BCUT2D eigenvalue weighted by Gasteiger charge is -2.22. The summed E-state index contributed by atoms with van der Waals surface area (Å²) in [4.78, 5) is 13.1. The molecule has 0 spiro atoms. The average Bonchev–Trinajstić information content (AvgIpc) is 2.81. The van der Waals surface area contributed by atoms with E-state index < -0.39 is 5.97 Å². The van der Waals surface area contributed by atoms with Gasteiger partial charge in [-0.05, 0) is 36.2 Å². The Hall–Kier alpha value is -2.07. The van der Waals surface area contributed by atoms with E-state index in [9.17, 15) is 14.3 Å². The molecule has 2 aromatic rings. The number of nitrogens with zero attached hydrogens (tertiary/aromatic N) is 1. The van der Waals surface area contributed by atoms with Crippen LogP contribution < -0.4 is 4.90 Å². The summed E-state index contributed by atoms with van der Waals surface area (Å²) >= 11 is 6.16. The summed E-state index contributed by atoms with van der Waals surface area (Å²) in [6.45, 7) is 0.586. The van der Waals surface area contributed by atoms with Gasteiger partial charge in [0.2, 0.25) is 0 Å². The fraction of sp³-hybridized carbons (Fsp3) is 0.133. The number of rotatable bonds is 2. The molecule has 2 aromatic carbocycles. The highest BCUT2D eigenvalue weighted by atomic mass is 35.5. The highest BCUT2D eigenvalue weighted by Gasteiger charge is 2.26. The third-order valence-electron chi connectivity index (χ3n) is 3.43. The molecule has 3 nitrogen and oxygen atoms in total. The Morgan fingerprint density at radius 1 is 1.30 bits per heavy atom. The van der Waals surface area contributed by atoms with Crippen LogP contribution in [0.5, 0.6) is 0 Å². The van der Waals surface area contributed by atoms with E-state index in [1.807, 2.05) is 0 Å². The molecule has 0 fully saturated rings. The number of halogens is 2. The Balaban J connectivity index is 2.18. The summed E-state index contributed by atoms with van der Waals surface area (Å²) in [5, 5.41) is 9.64. The van der Waals surface area contributed by atoms with Gasteiger partial charge in [-0.25, -0.2) is 9.18 Å². The standard InChI is InChI=1S/C15H11ClFNO2/c16-12-3-1-2-11(15(19)20)14(12)18-7-6-9-4-5-10(17)8-13(9)18/h1-5,8H,6-7H2,(H,19,20). The number of hydrogen-bond donors (Lipinski definition) is 1. The molecule has 1 aliphatic heterocycles. The number of anilines is 2.